The largest absolute Gasteiger partial charge is 0.348 e. The van der Waals surface area contributed by atoms with Crippen molar-refractivity contribution in [3.63, 3.8) is 0 Å². The highest BCUT2D eigenvalue weighted by atomic mass is 32.2. The minimum atomic E-state index is -0.309. The Balaban J connectivity index is 1.59. The summed E-state index contributed by atoms with van der Waals surface area (Å²) in [6, 6.07) is 7.91. The predicted octanol–water partition coefficient (Wildman–Crippen LogP) is 2.97. The van der Waals surface area contributed by atoms with Gasteiger partial charge in [-0.1, -0.05) is 6.07 Å². The van der Waals surface area contributed by atoms with Gasteiger partial charge in [-0.2, -0.15) is 0 Å². The fraction of sp³-hybridized carbons (Fsp3) is 0.250. The number of amides is 2. The molecule has 23 heavy (non-hydrogen) atoms. The van der Waals surface area contributed by atoms with Crippen molar-refractivity contribution < 1.29 is 14.0 Å². The first kappa shape index (κ1) is 16.0. The first-order valence-electron chi connectivity index (χ1n) is 7.17. The summed E-state index contributed by atoms with van der Waals surface area (Å²) in [4.78, 5) is 25.4. The number of carbonyl (C=O) groups excluding carboxylic acids is 2. The van der Waals surface area contributed by atoms with E-state index in [0.717, 1.165) is 22.6 Å². The van der Waals surface area contributed by atoms with Crippen molar-refractivity contribution in [3.8, 4) is 0 Å². The van der Waals surface area contributed by atoms with Crippen LogP contribution in [0.25, 0.3) is 0 Å². The van der Waals surface area contributed by atoms with E-state index >= 15 is 0 Å². The molecule has 0 saturated heterocycles. The standard InChI is InChI=1S/C16H15FN2O2S2/c17-10-3-4-13-11(8-10)12(5-7-23-13)19-15(20)9-18-16(21)14-2-1-6-22-14/h1-4,6,8,12H,5,7,9H2,(H,18,21)(H,19,20)/t12-/m0/s1. The number of hydrogen-bond donors (Lipinski definition) is 2. The second kappa shape index (κ2) is 7.14. The van der Waals surface area contributed by atoms with Crippen molar-refractivity contribution >= 4 is 34.9 Å². The monoisotopic (exact) mass is 350 g/mol. The van der Waals surface area contributed by atoms with E-state index in [1.165, 1.54) is 23.5 Å². The minimum absolute atomic E-state index is 0.0922. The first-order chi connectivity index (χ1) is 11.1. The number of nitrogens with one attached hydrogen (secondary N) is 2. The van der Waals surface area contributed by atoms with Crippen molar-refractivity contribution in [2.45, 2.75) is 17.4 Å². The molecule has 2 heterocycles. The maximum atomic E-state index is 13.4. The molecule has 0 spiro atoms. The summed E-state index contributed by atoms with van der Waals surface area (Å²) in [7, 11) is 0. The van der Waals surface area contributed by atoms with E-state index in [1.54, 1.807) is 35.3 Å². The third-order valence-electron chi connectivity index (χ3n) is 3.50. The van der Waals surface area contributed by atoms with Crippen LogP contribution in [0.3, 0.4) is 0 Å². The third kappa shape index (κ3) is 3.92. The molecule has 7 heteroatoms. The Hall–Kier alpha value is -1.86. The normalized spacial score (nSPS) is 16.5. The Kier molecular flexibility index (Phi) is 4.97. The van der Waals surface area contributed by atoms with Crippen molar-refractivity contribution in [2.24, 2.45) is 0 Å². The molecular weight excluding hydrogens is 335 g/mol. The van der Waals surface area contributed by atoms with E-state index < -0.39 is 0 Å². The lowest BCUT2D eigenvalue weighted by Gasteiger charge is -2.26. The molecule has 0 saturated carbocycles. The molecule has 0 fully saturated rings. The molecule has 4 nitrogen and oxygen atoms in total. The van der Waals surface area contributed by atoms with Gasteiger partial charge in [-0.3, -0.25) is 9.59 Å². The molecule has 1 aromatic heterocycles. The van der Waals surface area contributed by atoms with Gasteiger partial charge in [0.1, 0.15) is 5.82 Å². The van der Waals surface area contributed by atoms with Crippen LogP contribution < -0.4 is 10.6 Å². The molecule has 2 N–H and O–H groups in total. The molecule has 0 aliphatic carbocycles. The molecule has 1 aliphatic heterocycles. The summed E-state index contributed by atoms with van der Waals surface area (Å²) < 4.78 is 13.4. The fourth-order valence-corrected chi connectivity index (χ4v) is 4.16. The van der Waals surface area contributed by atoms with Crippen LogP contribution in [-0.2, 0) is 4.79 Å². The predicted molar refractivity (Wildman–Crippen MR) is 89.3 cm³/mol. The number of rotatable bonds is 4. The Morgan fingerprint density at radius 3 is 2.96 bits per heavy atom. The van der Waals surface area contributed by atoms with Crippen molar-refractivity contribution in [2.75, 3.05) is 12.3 Å². The summed E-state index contributed by atoms with van der Waals surface area (Å²) in [6.45, 7) is -0.0922. The van der Waals surface area contributed by atoms with Crippen LogP contribution in [0.4, 0.5) is 4.39 Å². The van der Waals surface area contributed by atoms with E-state index in [-0.39, 0.29) is 30.2 Å². The zero-order valence-corrected chi connectivity index (χ0v) is 13.8. The lowest BCUT2D eigenvalue weighted by molar-refractivity contribution is -0.120. The van der Waals surface area contributed by atoms with Gasteiger partial charge in [0.2, 0.25) is 5.91 Å². The van der Waals surface area contributed by atoms with Crippen molar-refractivity contribution in [1.82, 2.24) is 10.6 Å². The summed E-state index contributed by atoms with van der Waals surface area (Å²) in [5.41, 5.74) is 0.805. The molecule has 2 aromatic rings. The number of benzene rings is 1. The number of carbonyl (C=O) groups is 2. The molecule has 3 rings (SSSR count). The maximum absolute atomic E-state index is 13.4. The topological polar surface area (TPSA) is 58.2 Å². The average molecular weight is 350 g/mol. The van der Waals surface area contributed by atoms with Gasteiger partial charge in [-0.25, -0.2) is 4.39 Å². The van der Waals surface area contributed by atoms with E-state index in [4.69, 9.17) is 0 Å². The molecule has 120 valence electrons. The zero-order valence-electron chi connectivity index (χ0n) is 12.2. The van der Waals surface area contributed by atoms with E-state index in [9.17, 15) is 14.0 Å². The summed E-state index contributed by atoms with van der Waals surface area (Å²) in [5, 5.41) is 7.27. The lowest BCUT2D eigenvalue weighted by Crippen LogP contribution is -2.39. The quantitative estimate of drug-likeness (QED) is 0.891. The zero-order chi connectivity index (χ0) is 16.2. The third-order valence-corrected chi connectivity index (χ3v) is 5.49. The Bertz CT molecular complexity index is 719. The minimum Gasteiger partial charge on any atom is -0.348 e. The number of thiophene rings is 1. The molecule has 0 unspecified atom stereocenters. The number of thioether (sulfide) groups is 1. The van der Waals surface area contributed by atoms with Crippen LogP contribution in [-0.4, -0.2) is 24.1 Å². The molecular formula is C16H15FN2O2S2. The fourth-order valence-electron chi connectivity index (χ4n) is 2.42. The van der Waals surface area contributed by atoms with Gasteiger partial charge in [0, 0.05) is 10.6 Å². The summed E-state index contributed by atoms with van der Waals surface area (Å²) in [5.74, 6) is 0.0183. The van der Waals surface area contributed by atoms with Gasteiger partial charge in [0.15, 0.2) is 0 Å². The SMILES string of the molecule is O=C(CNC(=O)c1cccs1)N[C@H]1CCSc2ccc(F)cc21. The molecule has 2 amide bonds. The summed E-state index contributed by atoms with van der Waals surface area (Å²) in [6.07, 6.45) is 0.742. The highest BCUT2D eigenvalue weighted by molar-refractivity contribution is 7.99. The molecule has 1 aromatic carbocycles. The molecule has 1 atom stereocenters. The van der Waals surface area contributed by atoms with E-state index in [1.807, 2.05) is 0 Å². The van der Waals surface area contributed by atoms with Crippen molar-refractivity contribution in [3.05, 3.63) is 52.0 Å². The van der Waals surface area contributed by atoms with Crippen LogP contribution in [0.2, 0.25) is 0 Å². The molecule has 0 radical (unpaired) electrons. The smallest absolute Gasteiger partial charge is 0.261 e. The van der Waals surface area contributed by atoms with Crippen LogP contribution in [0, 0.1) is 5.82 Å². The van der Waals surface area contributed by atoms with Gasteiger partial charge >= 0.3 is 0 Å². The number of halogens is 1. The second-order valence-corrected chi connectivity index (χ2v) is 7.18. The highest BCUT2D eigenvalue weighted by Gasteiger charge is 2.23. The first-order valence-corrected chi connectivity index (χ1v) is 9.03. The highest BCUT2D eigenvalue weighted by Crippen LogP contribution is 2.36. The van der Waals surface area contributed by atoms with E-state index in [0.29, 0.717) is 4.88 Å². The molecule has 0 bridgehead atoms. The van der Waals surface area contributed by atoms with E-state index in [2.05, 4.69) is 10.6 Å². The molecule has 1 aliphatic rings. The number of fused-ring (bicyclic) bond motifs is 1. The van der Waals surface area contributed by atoms with Gasteiger partial charge in [-0.05, 0) is 41.6 Å². The Labute approximate surface area is 141 Å². The average Bonchev–Trinajstić information content (AvgIpc) is 3.08. The Morgan fingerprint density at radius 2 is 2.17 bits per heavy atom. The van der Waals surface area contributed by atoms with Gasteiger partial charge < -0.3 is 10.6 Å². The summed E-state index contributed by atoms with van der Waals surface area (Å²) >= 11 is 2.98. The Morgan fingerprint density at radius 1 is 1.30 bits per heavy atom. The maximum Gasteiger partial charge on any atom is 0.261 e. The van der Waals surface area contributed by atoms with Crippen LogP contribution in [0.15, 0.2) is 40.6 Å². The van der Waals surface area contributed by atoms with Gasteiger partial charge in [0.25, 0.3) is 5.91 Å². The lowest BCUT2D eigenvalue weighted by atomic mass is 10.0. The second-order valence-electron chi connectivity index (χ2n) is 5.10. The van der Waals surface area contributed by atoms with Crippen LogP contribution in [0.1, 0.15) is 27.7 Å². The van der Waals surface area contributed by atoms with Gasteiger partial charge in [-0.15, -0.1) is 23.1 Å². The van der Waals surface area contributed by atoms with Crippen LogP contribution >= 0.6 is 23.1 Å². The van der Waals surface area contributed by atoms with Crippen LogP contribution in [0.5, 0.6) is 0 Å². The number of hydrogen-bond acceptors (Lipinski definition) is 4. The van der Waals surface area contributed by atoms with Gasteiger partial charge in [0.05, 0.1) is 17.5 Å². The van der Waals surface area contributed by atoms with Crippen molar-refractivity contribution in [1.29, 1.82) is 0 Å².